The molecule has 0 bridgehead atoms. The van der Waals surface area contributed by atoms with Crippen molar-refractivity contribution in [3.05, 3.63) is 71.4 Å². The van der Waals surface area contributed by atoms with Crippen LogP contribution < -0.4 is 4.74 Å². The number of aromatic nitrogens is 1. The second-order valence-corrected chi connectivity index (χ2v) is 8.14. The highest BCUT2D eigenvalue weighted by molar-refractivity contribution is 6.46. The van der Waals surface area contributed by atoms with Crippen LogP contribution in [0.25, 0.3) is 16.7 Å². The zero-order valence-electron chi connectivity index (χ0n) is 18.5. The molecule has 1 aromatic heterocycles. The van der Waals surface area contributed by atoms with Gasteiger partial charge in [0.25, 0.3) is 11.7 Å². The molecule has 0 radical (unpaired) electrons. The predicted molar refractivity (Wildman–Crippen MR) is 123 cm³/mol. The first-order valence-corrected chi connectivity index (χ1v) is 10.6. The summed E-state index contributed by atoms with van der Waals surface area (Å²) in [5, 5.41) is 12.1. The van der Waals surface area contributed by atoms with Gasteiger partial charge in [0.2, 0.25) is 0 Å². The molecule has 166 valence electrons. The number of H-pyrrole nitrogens is 1. The van der Waals surface area contributed by atoms with E-state index in [1.165, 1.54) is 0 Å². The summed E-state index contributed by atoms with van der Waals surface area (Å²) in [5.74, 6) is -0.928. The average molecular weight is 434 g/mol. The first-order chi connectivity index (χ1) is 15.4. The first-order valence-electron chi connectivity index (χ1n) is 10.6. The fraction of sp³-hybridized carbons (Fsp3) is 0.280. The van der Waals surface area contributed by atoms with Crippen LogP contribution in [0.4, 0.5) is 0 Å². The van der Waals surface area contributed by atoms with Gasteiger partial charge >= 0.3 is 0 Å². The van der Waals surface area contributed by atoms with E-state index in [9.17, 15) is 14.7 Å². The molecule has 0 aliphatic carbocycles. The van der Waals surface area contributed by atoms with Crippen molar-refractivity contribution in [1.29, 1.82) is 0 Å². The molecule has 32 heavy (non-hydrogen) atoms. The molecule has 1 fully saturated rings. The topological polar surface area (TPSA) is 85.9 Å². The van der Waals surface area contributed by atoms with E-state index in [0.29, 0.717) is 29.8 Å². The standard InChI is InChI=1S/C25H27N3O4/c1-27(2)13-8-14-28-22(17-10-5-7-12-20(17)32-3)21(24(30)25(28)31)23(29)18-15-26-19-11-6-4-9-16(18)19/h4-7,9-12,15,22,26,29H,8,13-14H2,1-3H3/b23-21+. The summed E-state index contributed by atoms with van der Waals surface area (Å²) in [6, 6.07) is 14.1. The van der Waals surface area contributed by atoms with Gasteiger partial charge in [0.15, 0.2) is 0 Å². The number of amides is 1. The Morgan fingerprint density at radius 2 is 1.84 bits per heavy atom. The number of hydrogen-bond donors (Lipinski definition) is 2. The molecule has 7 heteroatoms. The molecule has 2 aromatic carbocycles. The van der Waals surface area contributed by atoms with Gasteiger partial charge in [-0.15, -0.1) is 0 Å². The third-order valence-corrected chi connectivity index (χ3v) is 5.82. The van der Waals surface area contributed by atoms with Crippen LogP contribution in [0.1, 0.15) is 23.6 Å². The number of aromatic amines is 1. The van der Waals surface area contributed by atoms with Crippen molar-refractivity contribution in [3.8, 4) is 5.75 Å². The summed E-state index contributed by atoms with van der Waals surface area (Å²) in [6.45, 7) is 1.15. The third-order valence-electron chi connectivity index (χ3n) is 5.82. The zero-order chi connectivity index (χ0) is 22.8. The Balaban J connectivity index is 1.88. The number of methoxy groups -OCH3 is 1. The molecule has 1 unspecified atom stereocenters. The molecule has 7 nitrogen and oxygen atoms in total. The Labute approximate surface area is 186 Å². The number of ketones is 1. The van der Waals surface area contributed by atoms with Crippen molar-refractivity contribution >= 4 is 28.4 Å². The molecule has 1 saturated heterocycles. The summed E-state index contributed by atoms with van der Waals surface area (Å²) < 4.78 is 5.54. The lowest BCUT2D eigenvalue weighted by Gasteiger charge is -2.27. The fourth-order valence-corrected chi connectivity index (χ4v) is 4.30. The number of aliphatic hydroxyl groups is 1. The van der Waals surface area contributed by atoms with E-state index in [1.807, 2.05) is 61.5 Å². The van der Waals surface area contributed by atoms with Crippen molar-refractivity contribution in [2.75, 3.05) is 34.3 Å². The molecule has 1 atom stereocenters. The molecule has 3 aromatic rings. The second-order valence-electron chi connectivity index (χ2n) is 8.14. The average Bonchev–Trinajstić information content (AvgIpc) is 3.33. The van der Waals surface area contributed by atoms with Gasteiger partial charge in [-0.05, 0) is 39.2 Å². The number of rotatable bonds is 7. The van der Waals surface area contributed by atoms with Gasteiger partial charge < -0.3 is 24.6 Å². The number of fused-ring (bicyclic) bond motifs is 1. The summed E-state index contributed by atoms with van der Waals surface area (Å²) in [6.07, 6.45) is 2.36. The summed E-state index contributed by atoms with van der Waals surface area (Å²) >= 11 is 0. The van der Waals surface area contributed by atoms with Gasteiger partial charge in [0.1, 0.15) is 11.5 Å². The van der Waals surface area contributed by atoms with Crippen molar-refractivity contribution in [2.45, 2.75) is 12.5 Å². The van der Waals surface area contributed by atoms with Gasteiger partial charge in [-0.1, -0.05) is 36.4 Å². The molecule has 1 amide bonds. The molecular weight excluding hydrogens is 406 g/mol. The molecule has 4 rings (SSSR count). The van der Waals surface area contributed by atoms with E-state index in [2.05, 4.69) is 4.98 Å². The van der Waals surface area contributed by atoms with Crippen LogP contribution in [0.15, 0.2) is 60.3 Å². The molecule has 1 aliphatic rings. The highest BCUT2D eigenvalue weighted by Gasteiger charge is 2.46. The minimum absolute atomic E-state index is 0.0779. The number of para-hydroxylation sites is 2. The van der Waals surface area contributed by atoms with Crippen molar-refractivity contribution < 1.29 is 19.4 Å². The number of nitrogens with zero attached hydrogens (tertiary/aromatic N) is 2. The van der Waals surface area contributed by atoms with Crippen LogP contribution in [0.5, 0.6) is 5.75 Å². The number of likely N-dealkylation sites (tertiary alicyclic amines) is 1. The lowest BCUT2D eigenvalue weighted by atomic mass is 9.94. The Morgan fingerprint density at radius 3 is 2.59 bits per heavy atom. The molecule has 0 saturated carbocycles. The van der Waals surface area contributed by atoms with Gasteiger partial charge in [0.05, 0.1) is 18.7 Å². The predicted octanol–water partition coefficient (Wildman–Crippen LogP) is 3.55. The Morgan fingerprint density at radius 1 is 1.12 bits per heavy atom. The normalized spacial score (nSPS) is 18.1. The lowest BCUT2D eigenvalue weighted by molar-refractivity contribution is -0.140. The summed E-state index contributed by atoms with van der Waals surface area (Å²) in [5.41, 5.74) is 2.07. The van der Waals surface area contributed by atoms with Crippen molar-refractivity contribution in [3.63, 3.8) is 0 Å². The number of benzene rings is 2. The molecule has 0 spiro atoms. The van der Waals surface area contributed by atoms with Gasteiger partial charge in [-0.25, -0.2) is 0 Å². The monoisotopic (exact) mass is 433 g/mol. The van der Waals surface area contributed by atoms with E-state index in [0.717, 1.165) is 17.4 Å². The van der Waals surface area contributed by atoms with Crippen LogP contribution >= 0.6 is 0 Å². The number of ether oxygens (including phenoxy) is 1. The number of hydrogen-bond acceptors (Lipinski definition) is 5. The molecule has 2 heterocycles. The quantitative estimate of drug-likeness (QED) is 0.338. The third kappa shape index (κ3) is 3.76. The minimum Gasteiger partial charge on any atom is -0.507 e. The van der Waals surface area contributed by atoms with Crippen molar-refractivity contribution in [2.24, 2.45) is 0 Å². The number of carbonyl (C=O) groups excluding carboxylic acids is 2. The van der Waals surface area contributed by atoms with Crippen LogP contribution in [-0.2, 0) is 9.59 Å². The fourth-order valence-electron chi connectivity index (χ4n) is 4.30. The van der Waals surface area contributed by atoms with Crippen LogP contribution in [0.2, 0.25) is 0 Å². The summed E-state index contributed by atoms with van der Waals surface area (Å²) in [7, 11) is 5.47. The lowest BCUT2D eigenvalue weighted by Crippen LogP contribution is -2.32. The van der Waals surface area contributed by atoms with E-state index in [4.69, 9.17) is 4.74 Å². The van der Waals surface area contributed by atoms with Gasteiger partial charge in [-0.2, -0.15) is 0 Å². The highest BCUT2D eigenvalue weighted by Crippen LogP contribution is 2.43. The maximum absolute atomic E-state index is 13.2. The van der Waals surface area contributed by atoms with Gasteiger partial charge in [-0.3, -0.25) is 9.59 Å². The van der Waals surface area contributed by atoms with Crippen LogP contribution in [0, 0.1) is 0 Å². The smallest absolute Gasteiger partial charge is 0.295 e. The Bertz CT molecular complexity index is 1190. The number of nitrogens with one attached hydrogen (secondary N) is 1. The molecule has 1 aliphatic heterocycles. The van der Waals surface area contributed by atoms with E-state index in [1.54, 1.807) is 24.3 Å². The van der Waals surface area contributed by atoms with Crippen molar-refractivity contribution in [1.82, 2.24) is 14.8 Å². The minimum atomic E-state index is -0.734. The van der Waals surface area contributed by atoms with E-state index < -0.39 is 17.7 Å². The number of aliphatic hydroxyl groups excluding tert-OH is 1. The van der Waals surface area contributed by atoms with Gasteiger partial charge in [0, 0.05) is 34.8 Å². The maximum Gasteiger partial charge on any atom is 0.295 e. The highest BCUT2D eigenvalue weighted by atomic mass is 16.5. The molecular formula is C25H27N3O4. The zero-order valence-corrected chi connectivity index (χ0v) is 18.5. The first kappa shape index (κ1) is 21.6. The second kappa shape index (κ2) is 8.88. The largest absolute Gasteiger partial charge is 0.507 e. The Kier molecular flexibility index (Phi) is 6.01. The number of Topliss-reactive ketones (excluding diaryl/α,β-unsaturated/α-hetero) is 1. The van der Waals surface area contributed by atoms with E-state index >= 15 is 0 Å². The van der Waals surface area contributed by atoms with Crippen LogP contribution in [-0.4, -0.2) is 65.9 Å². The number of carbonyl (C=O) groups is 2. The summed E-state index contributed by atoms with van der Waals surface area (Å²) in [4.78, 5) is 33.0. The SMILES string of the molecule is COc1ccccc1C1/C(=C(\O)c2c[nH]c3ccccc23)C(=O)C(=O)N1CCCN(C)C. The molecule has 2 N–H and O–H groups in total. The van der Waals surface area contributed by atoms with E-state index in [-0.39, 0.29) is 11.3 Å². The van der Waals surface area contributed by atoms with Crippen LogP contribution in [0.3, 0.4) is 0 Å². The Hall–Kier alpha value is -3.58. The maximum atomic E-state index is 13.2.